The van der Waals surface area contributed by atoms with Gasteiger partial charge >= 0.3 is 0 Å². The zero-order valence-corrected chi connectivity index (χ0v) is 10.6. The molecule has 66 valence electrons. The minimum absolute atomic E-state index is 0.0467. The molecule has 0 spiro atoms. The monoisotopic (exact) mass is 358 g/mol. The molecule has 0 aliphatic rings. The van der Waals surface area contributed by atoms with Gasteiger partial charge in [-0.3, -0.25) is 4.79 Å². The third kappa shape index (κ3) is 2.71. The molecule has 0 fully saturated rings. The van der Waals surface area contributed by atoms with Crippen molar-refractivity contribution in [2.24, 2.45) is 0 Å². The van der Waals surface area contributed by atoms with E-state index in [1.807, 2.05) is 0 Å². The van der Waals surface area contributed by atoms with Crippen LogP contribution in [0.15, 0.2) is 21.3 Å². The fourth-order valence-corrected chi connectivity index (χ4v) is 1.45. The molecule has 0 aliphatic carbocycles. The molecule has 0 N–H and O–H groups in total. The van der Waals surface area contributed by atoms with Crippen molar-refractivity contribution >= 4 is 47.8 Å². The first-order chi connectivity index (χ1) is 5.63. The molecule has 12 heavy (non-hydrogen) atoms. The van der Waals surface area contributed by atoms with Gasteiger partial charge in [0.1, 0.15) is 15.3 Å². The Hall–Kier alpha value is 0.390. The van der Waals surface area contributed by atoms with Crippen molar-refractivity contribution in [1.29, 1.82) is 0 Å². The third-order valence-corrected chi connectivity index (χ3v) is 2.64. The van der Waals surface area contributed by atoms with E-state index in [1.165, 1.54) is 12.1 Å². The van der Waals surface area contributed by atoms with Crippen LogP contribution in [0.4, 0.5) is 0 Å². The topological polar surface area (TPSA) is 30.2 Å². The van der Waals surface area contributed by atoms with Gasteiger partial charge < -0.3 is 4.42 Å². The molecule has 1 heterocycles. The molecule has 0 aliphatic heterocycles. The molecule has 0 bridgehead atoms. The lowest BCUT2D eigenvalue weighted by Crippen LogP contribution is -2.01. The number of halogens is 3. The average molecular weight is 361 g/mol. The van der Waals surface area contributed by atoms with Gasteiger partial charge in [-0.25, -0.2) is 0 Å². The van der Waals surface area contributed by atoms with Crippen LogP contribution in [0.25, 0.3) is 0 Å². The highest BCUT2D eigenvalue weighted by molar-refractivity contribution is 9.24. The van der Waals surface area contributed by atoms with Crippen LogP contribution in [0.3, 0.4) is 0 Å². The van der Waals surface area contributed by atoms with E-state index in [9.17, 15) is 4.79 Å². The Balaban J connectivity index is 3.15. The second kappa shape index (κ2) is 4.58. The van der Waals surface area contributed by atoms with E-state index in [0.717, 1.165) is 0 Å². The molecule has 0 amide bonds. The van der Waals surface area contributed by atoms with Crippen LogP contribution in [0.1, 0.15) is 15.3 Å². The molecule has 2 nitrogen and oxygen atoms in total. The van der Waals surface area contributed by atoms with E-state index in [0.29, 0.717) is 16.9 Å². The van der Waals surface area contributed by atoms with E-state index in [4.69, 9.17) is 4.42 Å². The first-order valence-corrected chi connectivity index (χ1v) is 6.07. The second-order valence-corrected chi connectivity index (χ2v) is 5.72. The Labute approximate surface area is 94.7 Å². The molecule has 5 heteroatoms. The summed E-state index contributed by atoms with van der Waals surface area (Å²) in [7, 11) is 0. The zero-order chi connectivity index (χ0) is 9.14. The van der Waals surface area contributed by atoms with Crippen LogP contribution in [0, 0.1) is 0 Å². The molecule has 0 aromatic carbocycles. The maximum Gasteiger partial charge on any atom is 0.185 e. The van der Waals surface area contributed by atoms with Gasteiger partial charge in [-0.2, -0.15) is 0 Å². The summed E-state index contributed by atoms with van der Waals surface area (Å²) in [4.78, 5) is 11.1. The van der Waals surface area contributed by atoms with E-state index in [2.05, 4.69) is 47.8 Å². The highest BCUT2D eigenvalue weighted by Crippen LogP contribution is 2.28. The van der Waals surface area contributed by atoms with E-state index < -0.39 is 0 Å². The van der Waals surface area contributed by atoms with Gasteiger partial charge in [0.05, 0.1) is 5.33 Å². The summed E-state index contributed by atoms with van der Waals surface area (Å²) >= 11 is 9.71. The maximum absolute atomic E-state index is 11.1. The quantitative estimate of drug-likeness (QED) is 0.757. The van der Waals surface area contributed by atoms with Gasteiger partial charge in [0.2, 0.25) is 0 Å². The lowest BCUT2D eigenvalue weighted by Gasteiger charge is -2.01. The summed E-state index contributed by atoms with van der Waals surface area (Å²) in [5.74, 6) is 1.21. The van der Waals surface area contributed by atoms with Gasteiger partial charge in [-0.15, -0.1) is 0 Å². The molecule has 0 radical (unpaired) electrons. The van der Waals surface area contributed by atoms with Gasteiger partial charge in [-0.05, 0) is 0 Å². The van der Waals surface area contributed by atoms with Crippen LogP contribution < -0.4 is 5.43 Å². The summed E-state index contributed by atoms with van der Waals surface area (Å²) in [6.45, 7) is 0. The average Bonchev–Trinajstić information content (AvgIpc) is 2.03. The van der Waals surface area contributed by atoms with Gasteiger partial charge in [0.15, 0.2) is 5.43 Å². The maximum atomic E-state index is 11.1. The molecule has 0 atom stereocenters. The number of hydrogen-bond donors (Lipinski definition) is 0. The molecule has 1 aromatic heterocycles. The fourth-order valence-electron chi connectivity index (χ4n) is 0.724. The Kier molecular flexibility index (Phi) is 3.99. The lowest BCUT2D eigenvalue weighted by molar-refractivity contribution is 0.479. The third-order valence-electron chi connectivity index (χ3n) is 1.18. The molecule has 1 aromatic rings. The first-order valence-electron chi connectivity index (χ1n) is 3.11. The Morgan fingerprint density at radius 1 is 1.42 bits per heavy atom. The van der Waals surface area contributed by atoms with E-state index >= 15 is 0 Å². The predicted molar refractivity (Wildman–Crippen MR) is 58.2 cm³/mol. The van der Waals surface area contributed by atoms with Crippen LogP contribution in [-0.4, -0.2) is 0 Å². The van der Waals surface area contributed by atoms with Gasteiger partial charge in [-0.1, -0.05) is 47.8 Å². The summed E-state index contributed by atoms with van der Waals surface area (Å²) < 4.78 is 5.21. The van der Waals surface area contributed by atoms with Crippen molar-refractivity contribution in [3.05, 3.63) is 33.9 Å². The molecule has 0 saturated heterocycles. The predicted octanol–water partition coefficient (Wildman–Crippen LogP) is 3.32. The molecular weight excluding hydrogens is 356 g/mol. The van der Waals surface area contributed by atoms with E-state index in [1.54, 1.807) is 0 Å². The highest BCUT2D eigenvalue weighted by atomic mass is 79.9. The van der Waals surface area contributed by atoms with Gasteiger partial charge in [0, 0.05) is 12.1 Å². The standard InChI is InChI=1S/C7H5Br3O2/c8-3-5-1-4(11)2-6(12-5)7(9)10/h1-2,7H,3H2. The normalized spacial score (nSPS) is 10.7. The summed E-state index contributed by atoms with van der Waals surface area (Å²) in [5, 5.41) is 0.544. The highest BCUT2D eigenvalue weighted by Gasteiger charge is 2.07. The van der Waals surface area contributed by atoms with Crippen molar-refractivity contribution in [2.45, 2.75) is 9.07 Å². The second-order valence-electron chi connectivity index (χ2n) is 2.10. The summed E-state index contributed by atoms with van der Waals surface area (Å²) in [5.41, 5.74) is -0.0467. The Bertz CT molecular complexity index is 319. The zero-order valence-electron chi connectivity index (χ0n) is 5.89. The molecular formula is C7H5Br3O2. The Morgan fingerprint density at radius 3 is 2.58 bits per heavy atom. The molecule has 0 unspecified atom stereocenters. The largest absolute Gasteiger partial charge is 0.463 e. The van der Waals surface area contributed by atoms with Crippen LogP contribution in [0.5, 0.6) is 0 Å². The SMILES string of the molecule is O=c1cc(CBr)oc(C(Br)Br)c1. The van der Waals surface area contributed by atoms with Crippen molar-refractivity contribution in [2.75, 3.05) is 0 Å². The first kappa shape index (κ1) is 10.5. The molecule has 1 rings (SSSR count). The summed E-state index contributed by atoms with van der Waals surface area (Å²) in [6, 6.07) is 2.90. The van der Waals surface area contributed by atoms with Crippen molar-refractivity contribution < 1.29 is 4.42 Å². The summed E-state index contributed by atoms with van der Waals surface area (Å²) in [6.07, 6.45) is 0. The Morgan fingerprint density at radius 2 is 2.08 bits per heavy atom. The van der Waals surface area contributed by atoms with Crippen LogP contribution in [-0.2, 0) is 5.33 Å². The molecule has 0 saturated carbocycles. The smallest absolute Gasteiger partial charge is 0.185 e. The number of alkyl halides is 3. The minimum atomic E-state index is -0.114. The van der Waals surface area contributed by atoms with Crippen LogP contribution >= 0.6 is 47.8 Å². The van der Waals surface area contributed by atoms with E-state index in [-0.39, 0.29) is 9.17 Å². The lowest BCUT2D eigenvalue weighted by atomic mass is 10.3. The number of rotatable bonds is 2. The van der Waals surface area contributed by atoms with Crippen molar-refractivity contribution in [3.8, 4) is 0 Å². The van der Waals surface area contributed by atoms with Gasteiger partial charge in [0.25, 0.3) is 0 Å². The van der Waals surface area contributed by atoms with Crippen molar-refractivity contribution in [1.82, 2.24) is 0 Å². The van der Waals surface area contributed by atoms with Crippen molar-refractivity contribution in [3.63, 3.8) is 0 Å². The number of hydrogen-bond acceptors (Lipinski definition) is 2. The minimum Gasteiger partial charge on any atom is -0.463 e. The fraction of sp³-hybridized carbons (Fsp3) is 0.286. The van der Waals surface area contributed by atoms with Crippen LogP contribution in [0.2, 0.25) is 0 Å².